The summed E-state index contributed by atoms with van der Waals surface area (Å²) >= 11 is 0. The molecule has 5 heteroatoms. The summed E-state index contributed by atoms with van der Waals surface area (Å²) in [4.78, 5) is 23.3. The van der Waals surface area contributed by atoms with Crippen molar-refractivity contribution >= 4 is 11.9 Å². The van der Waals surface area contributed by atoms with Crippen molar-refractivity contribution in [1.29, 1.82) is 0 Å². The molecule has 1 rings (SSSR count). The molecule has 1 saturated heterocycles. The van der Waals surface area contributed by atoms with Gasteiger partial charge in [-0.25, -0.2) is 0 Å². The van der Waals surface area contributed by atoms with E-state index in [-0.39, 0.29) is 30.9 Å². The normalized spacial score (nSPS) is 15.8. The number of hydrogen-bond acceptors (Lipinski definition) is 5. The summed E-state index contributed by atoms with van der Waals surface area (Å²) in [5.74, 6) is -0.654. The number of unbranched alkanes of at least 4 members (excludes halogenated alkanes) is 14. The summed E-state index contributed by atoms with van der Waals surface area (Å²) in [5, 5.41) is 0. The fraction of sp³-hybridized carbons (Fsp3) is 0.923. The molecule has 1 heterocycles. The van der Waals surface area contributed by atoms with Gasteiger partial charge in [-0.3, -0.25) is 9.59 Å². The van der Waals surface area contributed by atoms with E-state index in [4.69, 9.17) is 14.2 Å². The fourth-order valence-corrected chi connectivity index (χ4v) is 3.97. The molecule has 0 aromatic carbocycles. The van der Waals surface area contributed by atoms with Crippen molar-refractivity contribution in [2.75, 3.05) is 19.8 Å². The van der Waals surface area contributed by atoms with Crippen molar-refractivity contribution in [3.63, 3.8) is 0 Å². The summed E-state index contributed by atoms with van der Waals surface area (Å²) < 4.78 is 15.8. The first-order valence-electron chi connectivity index (χ1n) is 13.1. The molecule has 0 amide bonds. The van der Waals surface area contributed by atoms with Crippen LogP contribution in [-0.2, 0) is 23.8 Å². The Morgan fingerprint density at radius 3 is 1.68 bits per heavy atom. The molecule has 182 valence electrons. The summed E-state index contributed by atoms with van der Waals surface area (Å²) in [7, 11) is 0. The molecule has 0 aromatic heterocycles. The molecule has 31 heavy (non-hydrogen) atoms. The van der Waals surface area contributed by atoms with Crippen LogP contribution in [0.25, 0.3) is 0 Å². The molecule has 0 bridgehead atoms. The first-order valence-corrected chi connectivity index (χ1v) is 13.1. The average Bonchev–Trinajstić information content (AvgIpc) is 3.29. The van der Waals surface area contributed by atoms with Crippen LogP contribution in [-0.4, -0.2) is 37.9 Å². The molecule has 0 aromatic rings. The number of ether oxygens (including phenoxy) is 3. The first kappa shape index (κ1) is 27.9. The Balaban J connectivity index is 1.75. The van der Waals surface area contributed by atoms with E-state index >= 15 is 0 Å². The SMILES string of the molecule is CCCCCCCCCCCCCCCCCOC(=O)CCC(=O)OCC1CCCO1. The van der Waals surface area contributed by atoms with Gasteiger partial charge in [0.1, 0.15) is 6.61 Å². The Morgan fingerprint density at radius 1 is 0.710 bits per heavy atom. The maximum Gasteiger partial charge on any atom is 0.306 e. The molecule has 1 aliphatic rings. The molecular weight excluding hydrogens is 392 g/mol. The molecule has 5 nitrogen and oxygen atoms in total. The third-order valence-corrected chi connectivity index (χ3v) is 6.00. The quantitative estimate of drug-likeness (QED) is 0.143. The van der Waals surface area contributed by atoms with Gasteiger partial charge in [-0.15, -0.1) is 0 Å². The number of hydrogen-bond donors (Lipinski definition) is 0. The average molecular weight is 441 g/mol. The van der Waals surface area contributed by atoms with Crippen molar-refractivity contribution < 1.29 is 23.8 Å². The van der Waals surface area contributed by atoms with Crippen molar-refractivity contribution in [3.8, 4) is 0 Å². The predicted octanol–water partition coefficient (Wildman–Crippen LogP) is 6.90. The molecule has 1 aliphatic heterocycles. The van der Waals surface area contributed by atoms with E-state index in [1.807, 2.05) is 0 Å². The minimum Gasteiger partial charge on any atom is -0.466 e. The van der Waals surface area contributed by atoms with Gasteiger partial charge in [0.2, 0.25) is 0 Å². The van der Waals surface area contributed by atoms with Crippen LogP contribution >= 0.6 is 0 Å². The van der Waals surface area contributed by atoms with Crippen LogP contribution in [0.1, 0.15) is 129 Å². The number of carbonyl (C=O) groups excluding carboxylic acids is 2. The third kappa shape index (κ3) is 18.2. The van der Waals surface area contributed by atoms with Gasteiger partial charge in [0.05, 0.1) is 25.6 Å². The van der Waals surface area contributed by atoms with Crippen LogP contribution in [0.3, 0.4) is 0 Å². The monoisotopic (exact) mass is 440 g/mol. The lowest BCUT2D eigenvalue weighted by Crippen LogP contribution is -2.18. The highest BCUT2D eigenvalue weighted by atomic mass is 16.6. The van der Waals surface area contributed by atoms with Crippen LogP contribution < -0.4 is 0 Å². The van der Waals surface area contributed by atoms with Crippen LogP contribution in [0, 0.1) is 0 Å². The lowest BCUT2D eigenvalue weighted by atomic mass is 10.0. The predicted molar refractivity (Wildman–Crippen MR) is 125 cm³/mol. The molecule has 1 unspecified atom stereocenters. The largest absolute Gasteiger partial charge is 0.466 e. The Hall–Kier alpha value is -1.10. The van der Waals surface area contributed by atoms with E-state index in [1.165, 1.54) is 83.5 Å². The van der Waals surface area contributed by atoms with Gasteiger partial charge in [-0.1, -0.05) is 96.8 Å². The molecule has 1 fully saturated rings. The smallest absolute Gasteiger partial charge is 0.306 e. The van der Waals surface area contributed by atoms with E-state index < -0.39 is 0 Å². The number of esters is 2. The summed E-state index contributed by atoms with van der Waals surface area (Å²) in [6.07, 6.45) is 22.0. The Labute approximate surface area is 191 Å². The molecule has 0 spiro atoms. The van der Waals surface area contributed by atoms with E-state index in [0.717, 1.165) is 32.3 Å². The maximum absolute atomic E-state index is 11.7. The van der Waals surface area contributed by atoms with Crippen molar-refractivity contribution in [2.45, 2.75) is 135 Å². The zero-order chi connectivity index (χ0) is 22.4. The van der Waals surface area contributed by atoms with E-state index in [2.05, 4.69) is 6.92 Å². The van der Waals surface area contributed by atoms with E-state index in [9.17, 15) is 9.59 Å². The van der Waals surface area contributed by atoms with Crippen LogP contribution in [0.15, 0.2) is 0 Å². The second kappa shape index (κ2) is 20.8. The van der Waals surface area contributed by atoms with Gasteiger partial charge in [0.25, 0.3) is 0 Å². The minimum absolute atomic E-state index is 0.0287. The fourth-order valence-electron chi connectivity index (χ4n) is 3.97. The zero-order valence-electron chi connectivity index (χ0n) is 20.2. The van der Waals surface area contributed by atoms with Gasteiger partial charge in [0, 0.05) is 6.61 Å². The summed E-state index contributed by atoms with van der Waals surface area (Å²) in [6.45, 7) is 3.77. The minimum atomic E-state index is -0.348. The summed E-state index contributed by atoms with van der Waals surface area (Å²) in [6, 6.07) is 0. The van der Waals surface area contributed by atoms with Gasteiger partial charge in [0.15, 0.2) is 0 Å². The van der Waals surface area contributed by atoms with E-state index in [0.29, 0.717) is 13.2 Å². The second-order valence-corrected chi connectivity index (χ2v) is 8.99. The highest BCUT2D eigenvalue weighted by Crippen LogP contribution is 2.14. The zero-order valence-corrected chi connectivity index (χ0v) is 20.2. The lowest BCUT2D eigenvalue weighted by Gasteiger charge is -2.10. The molecule has 0 radical (unpaired) electrons. The molecule has 1 atom stereocenters. The van der Waals surface area contributed by atoms with Crippen LogP contribution in [0.4, 0.5) is 0 Å². The van der Waals surface area contributed by atoms with Crippen molar-refractivity contribution in [3.05, 3.63) is 0 Å². The lowest BCUT2D eigenvalue weighted by molar-refractivity contribution is -0.152. The number of rotatable bonds is 21. The van der Waals surface area contributed by atoms with Gasteiger partial charge in [-0.2, -0.15) is 0 Å². The Morgan fingerprint density at radius 2 is 1.19 bits per heavy atom. The van der Waals surface area contributed by atoms with Crippen molar-refractivity contribution in [1.82, 2.24) is 0 Å². The maximum atomic E-state index is 11.7. The van der Waals surface area contributed by atoms with Crippen molar-refractivity contribution in [2.24, 2.45) is 0 Å². The summed E-state index contributed by atoms with van der Waals surface area (Å²) in [5.41, 5.74) is 0. The van der Waals surface area contributed by atoms with Crippen LogP contribution in [0.2, 0.25) is 0 Å². The second-order valence-electron chi connectivity index (χ2n) is 8.99. The third-order valence-electron chi connectivity index (χ3n) is 6.00. The first-order chi connectivity index (χ1) is 15.2. The highest BCUT2D eigenvalue weighted by molar-refractivity contribution is 5.77. The van der Waals surface area contributed by atoms with E-state index in [1.54, 1.807) is 0 Å². The molecule has 0 aliphatic carbocycles. The standard InChI is InChI=1S/C26H48O5/c1-2-3-4-5-6-7-8-9-10-11-12-13-14-15-16-21-30-25(27)19-20-26(28)31-23-24-18-17-22-29-24/h24H,2-23H2,1H3. The number of carbonyl (C=O) groups is 2. The molecular formula is C26H48O5. The highest BCUT2D eigenvalue weighted by Gasteiger charge is 2.18. The van der Waals surface area contributed by atoms with Gasteiger partial charge in [-0.05, 0) is 19.3 Å². The van der Waals surface area contributed by atoms with Crippen LogP contribution in [0.5, 0.6) is 0 Å². The van der Waals surface area contributed by atoms with Gasteiger partial charge < -0.3 is 14.2 Å². The Bertz CT molecular complexity index is 432. The van der Waals surface area contributed by atoms with Gasteiger partial charge >= 0.3 is 11.9 Å². The molecule has 0 N–H and O–H groups in total. The Kier molecular flexibility index (Phi) is 18.7. The topological polar surface area (TPSA) is 61.8 Å². The molecule has 0 saturated carbocycles.